The van der Waals surface area contributed by atoms with Gasteiger partial charge < -0.3 is 20.5 Å². The maximum Gasteiger partial charge on any atom is 0.339 e. The summed E-state index contributed by atoms with van der Waals surface area (Å²) in [5, 5.41) is 2.00. The van der Waals surface area contributed by atoms with Crippen LogP contribution in [0.4, 0.5) is 11.4 Å². The molecule has 0 heterocycles. The topological polar surface area (TPSA) is 125 Å². The Morgan fingerprint density at radius 3 is 1.74 bits per heavy atom. The molecule has 2 rings (SSSR count). The van der Waals surface area contributed by atoms with Crippen LogP contribution in [0.1, 0.15) is 20.7 Å². The van der Waals surface area contributed by atoms with Gasteiger partial charge in [0, 0.05) is 5.69 Å². The normalized spacial score (nSPS) is 9.06. The standard InChI is InChI=1S/C10H10ClNO3.C8H9NO2.C2H2Cl2O/c1-15-10(14)7-4-2-3-5-8(7)12-9(13)6-11;1-11-8(10)6-4-2-3-5-7(6)9;3-1-2(4)5/h2-5H,6H2,1H3,(H,12,13);2-5H,9H2,1H3;1H2. The van der Waals surface area contributed by atoms with Crippen LogP contribution in [-0.4, -0.2) is 49.1 Å². The minimum atomic E-state index is -0.508. The lowest BCUT2D eigenvalue weighted by atomic mass is 10.2. The van der Waals surface area contributed by atoms with Gasteiger partial charge in [-0.1, -0.05) is 24.3 Å². The maximum absolute atomic E-state index is 11.3. The van der Waals surface area contributed by atoms with Crippen molar-refractivity contribution < 1.29 is 28.7 Å². The molecule has 2 aromatic rings. The number of halogens is 3. The Labute approximate surface area is 194 Å². The van der Waals surface area contributed by atoms with E-state index in [-0.39, 0.29) is 17.7 Å². The second kappa shape index (κ2) is 16.0. The van der Waals surface area contributed by atoms with Crippen molar-refractivity contribution in [2.45, 2.75) is 0 Å². The third-order valence-electron chi connectivity index (χ3n) is 3.20. The molecule has 2 aromatic carbocycles. The summed E-state index contributed by atoms with van der Waals surface area (Å²) >= 11 is 14.9. The third-order valence-corrected chi connectivity index (χ3v) is 3.95. The zero-order chi connectivity index (χ0) is 23.8. The fraction of sp³-hybridized carbons (Fsp3) is 0.200. The quantitative estimate of drug-likeness (QED) is 0.283. The van der Waals surface area contributed by atoms with Crippen LogP contribution in [0.3, 0.4) is 0 Å². The highest BCUT2D eigenvalue weighted by atomic mass is 35.5. The first-order valence-corrected chi connectivity index (χ1v) is 9.86. The Kier molecular flexibility index (Phi) is 14.5. The van der Waals surface area contributed by atoms with Gasteiger partial charge in [-0.2, -0.15) is 0 Å². The van der Waals surface area contributed by atoms with Crippen molar-refractivity contribution in [2.75, 3.05) is 37.0 Å². The van der Waals surface area contributed by atoms with Crippen LogP contribution < -0.4 is 11.1 Å². The molecular formula is C20H21Cl3N2O6. The average molecular weight is 492 g/mol. The number of nitrogens with two attached hydrogens (primary N) is 1. The molecule has 11 heteroatoms. The second-order valence-corrected chi connectivity index (χ2v) is 6.24. The van der Waals surface area contributed by atoms with E-state index in [4.69, 9.17) is 40.5 Å². The molecule has 0 aliphatic heterocycles. The lowest BCUT2D eigenvalue weighted by Crippen LogP contribution is -2.15. The van der Waals surface area contributed by atoms with Crippen molar-refractivity contribution in [1.29, 1.82) is 0 Å². The fourth-order valence-electron chi connectivity index (χ4n) is 1.86. The predicted molar refractivity (Wildman–Crippen MR) is 121 cm³/mol. The van der Waals surface area contributed by atoms with E-state index in [1.54, 1.807) is 48.5 Å². The molecule has 0 spiro atoms. The summed E-state index contributed by atoms with van der Waals surface area (Å²) in [5.74, 6) is -1.52. The minimum Gasteiger partial charge on any atom is -0.465 e. The van der Waals surface area contributed by atoms with Gasteiger partial charge in [-0.05, 0) is 35.9 Å². The number of benzene rings is 2. The average Bonchev–Trinajstić information content (AvgIpc) is 2.79. The highest BCUT2D eigenvalue weighted by molar-refractivity contribution is 6.67. The van der Waals surface area contributed by atoms with Crippen molar-refractivity contribution in [3.63, 3.8) is 0 Å². The van der Waals surface area contributed by atoms with Gasteiger partial charge >= 0.3 is 11.9 Å². The molecule has 168 valence electrons. The molecule has 0 aliphatic carbocycles. The van der Waals surface area contributed by atoms with Crippen molar-refractivity contribution in [3.8, 4) is 0 Å². The van der Waals surface area contributed by atoms with Crippen LogP contribution in [0.25, 0.3) is 0 Å². The highest BCUT2D eigenvalue weighted by Crippen LogP contribution is 2.15. The van der Waals surface area contributed by atoms with Gasteiger partial charge in [-0.3, -0.25) is 9.59 Å². The SMILES string of the molecule is COC(=O)c1ccccc1N.COC(=O)c1ccccc1NC(=O)CCl.O=C(Cl)CCl. The summed E-state index contributed by atoms with van der Waals surface area (Å²) in [4.78, 5) is 42.7. The number of para-hydroxylation sites is 2. The minimum absolute atomic E-state index is 0.0957. The van der Waals surface area contributed by atoms with E-state index in [9.17, 15) is 19.2 Å². The molecule has 8 nitrogen and oxygen atoms in total. The van der Waals surface area contributed by atoms with Gasteiger partial charge in [-0.15, -0.1) is 23.2 Å². The summed E-state index contributed by atoms with van der Waals surface area (Å²) in [6, 6.07) is 13.4. The Morgan fingerprint density at radius 1 is 0.839 bits per heavy atom. The number of methoxy groups -OCH3 is 2. The Morgan fingerprint density at radius 2 is 1.29 bits per heavy atom. The first kappa shape index (κ1) is 28.2. The van der Waals surface area contributed by atoms with E-state index in [2.05, 4.69) is 14.8 Å². The van der Waals surface area contributed by atoms with Gasteiger partial charge in [-0.25, -0.2) is 9.59 Å². The molecule has 0 atom stereocenters. The van der Waals surface area contributed by atoms with Crippen LogP contribution in [0.5, 0.6) is 0 Å². The number of rotatable bonds is 5. The molecule has 0 bridgehead atoms. The number of nitrogen functional groups attached to an aromatic ring is 1. The molecular weight excluding hydrogens is 471 g/mol. The van der Waals surface area contributed by atoms with Crippen molar-refractivity contribution in [3.05, 3.63) is 59.7 Å². The highest BCUT2D eigenvalue weighted by Gasteiger charge is 2.12. The first-order chi connectivity index (χ1) is 14.7. The predicted octanol–water partition coefficient (Wildman–Crippen LogP) is 3.70. The molecule has 1 amide bonds. The van der Waals surface area contributed by atoms with Crippen molar-refractivity contribution in [2.24, 2.45) is 0 Å². The lowest BCUT2D eigenvalue weighted by Gasteiger charge is -2.07. The first-order valence-electron chi connectivity index (χ1n) is 8.42. The van der Waals surface area contributed by atoms with E-state index in [0.717, 1.165) is 0 Å². The zero-order valence-electron chi connectivity index (χ0n) is 16.7. The molecule has 0 saturated carbocycles. The van der Waals surface area contributed by atoms with Gasteiger partial charge in [0.25, 0.3) is 0 Å². The van der Waals surface area contributed by atoms with Gasteiger partial charge in [0.15, 0.2) is 0 Å². The summed E-state index contributed by atoms with van der Waals surface area (Å²) in [5.41, 5.74) is 7.05. The van der Waals surface area contributed by atoms with Crippen LogP contribution in [0.2, 0.25) is 0 Å². The van der Waals surface area contributed by atoms with Crippen molar-refractivity contribution >= 4 is 69.3 Å². The third kappa shape index (κ3) is 11.2. The van der Waals surface area contributed by atoms with E-state index in [1.165, 1.54) is 14.2 Å². The number of amides is 1. The monoisotopic (exact) mass is 490 g/mol. The number of anilines is 2. The molecule has 3 N–H and O–H groups in total. The molecule has 31 heavy (non-hydrogen) atoms. The number of carbonyl (C=O) groups is 4. The number of nitrogens with one attached hydrogen (secondary N) is 1. The number of ether oxygens (including phenoxy) is 2. The summed E-state index contributed by atoms with van der Waals surface area (Å²) in [6.07, 6.45) is 0. The van der Waals surface area contributed by atoms with E-state index < -0.39 is 17.2 Å². The number of alkyl halides is 2. The number of carbonyl (C=O) groups excluding carboxylic acids is 4. The Hall–Kier alpha value is -2.81. The van der Waals surface area contributed by atoms with E-state index in [1.807, 2.05) is 0 Å². The molecule has 0 saturated heterocycles. The van der Waals surface area contributed by atoms with Crippen LogP contribution >= 0.6 is 34.8 Å². The molecule has 0 unspecified atom stereocenters. The zero-order valence-corrected chi connectivity index (χ0v) is 19.0. The fourth-order valence-corrected chi connectivity index (χ4v) is 1.92. The van der Waals surface area contributed by atoms with Crippen molar-refractivity contribution in [1.82, 2.24) is 0 Å². The van der Waals surface area contributed by atoms with Crippen LogP contribution in [0, 0.1) is 0 Å². The van der Waals surface area contributed by atoms with Gasteiger partial charge in [0.05, 0.1) is 36.9 Å². The Bertz CT molecular complexity index is 893. The molecule has 0 radical (unpaired) electrons. The maximum atomic E-state index is 11.3. The smallest absolute Gasteiger partial charge is 0.339 e. The van der Waals surface area contributed by atoms with Crippen LogP contribution in [0.15, 0.2) is 48.5 Å². The summed E-state index contributed by atoms with van der Waals surface area (Å²) < 4.78 is 9.07. The Balaban J connectivity index is 0.000000492. The van der Waals surface area contributed by atoms with Crippen LogP contribution in [-0.2, 0) is 19.1 Å². The van der Waals surface area contributed by atoms with Gasteiger partial charge in [0.1, 0.15) is 5.88 Å². The summed E-state index contributed by atoms with van der Waals surface area (Å²) in [6.45, 7) is 0. The largest absolute Gasteiger partial charge is 0.465 e. The second-order valence-electron chi connectivity index (χ2n) is 5.29. The molecule has 0 aliphatic rings. The molecule has 0 aromatic heterocycles. The van der Waals surface area contributed by atoms with E-state index in [0.29, 0.717) is 22.5 Å². The lowest BCUT2D eigenvalue weighted by molar-refractivity contribution is -0.114. The number of hydrogen-bond acceptors (Lipinski definition) is 7. The van der Waals surface area contributed by atoms with E-state index >= 15 is 0 Å². The number of esters is 2. The summed E-state index contributed by atoms with van der Waals surface area (Å²) in [7, 11) is 2.61. The van der Waals surface area contributed by atoms with Gasteiger partial charge in [0.2, 0.25) is 11.1 Å². The molecule has 0 fully saturated rings. The number of hydrogen-bond donors (Lipinski definition) is 2.